The van der Waals surface area contributed by atoms with Gasteiger partial charge in [0.05, 0.1) is 21.5 Å². The van der Waals surface area contributed by atoms with Gasteiger partial charge in [-0.25, -0.2) is 4.98 Å². The number of hydrogen-bond donors (Lipinski definition) is 2. The maximum absolute atomic E-state index is 12.5. The second-order valence-corrected chi connectivity index (χ2v) is 8.98. The molecule has 1 aliphatic carbocycles. The first kappa shape index (κ1) is 22.3. The molecule has 174 valence electrons. The predicted octanol–water partition coefficient (Wildman–Crippen LogP) is 4.40. The van der Waals surface area contributed by atoms with Crippen LogP contribution in [-0.2, 0) is 11.2 Å². The van der Waals surface area contributed by atoms with Crippen LogP contribution in [-0.4, -0.2) is 32.1 Å². The van der Waals surface area contributed by atoms with Crippen LogP contribution in [0.25, 0.3) is 22.4 Å². The van der Waals surface area contributed by atoms with Gasteiger partial charge in [0.2, 0.25) is 17.7 Å². The lowest BCUT2D eigenvalue weighted by molar-refractivity contribution is -0.122. The lowest BCUT2D eigenvalue weighted by Gasteiger charge is -2.27. The average molecular weight is 478 g/mol. The van der Waals surface area contributed by atoms with Crippen LogP contribution in [0.1, 0.15) is 49.7 Å². The zero-order valence-electron chi connectivity index (χ0n) is 18.5. The molecule has 8 nitrogen and oxygen atoms in total. The number of nitrogens with zero attached hydrogens (tertiary/aromatic N) is 3. The van der Waals surface area contributed by atoms with E-state index in [2.05, 4.69) is 25.5 Å². The van der Waals surface area contributed by atoms with Crippen LogP contribution >= 0.6 is 11.6 Å². The fourth-order valence-corrected chi connectivity index (χ4v) is 4.63. The molecular formula is C25H24ClN5O3. The number of nitrogens with one attached hydrogen (secondary N) is 2. The molecule has 0 unspecified atom stereocenters. The van der Waals surface area contributed by atoms with Crippen LogP contribution in [0.3, 0.4) is 0 Å². The van der Waals surface area contributed by atoms with Gasteiger partial charge in [0, 0.05) is 24.8 Å². The van der Waals surface area contributed by atoms with E-state index < -0.39 is 0 Å². The van der Waals surface area contributed by atoms with Gasteiger partial charge in [0.1, 0.15) is 5.82 Å². The highest BCUT2D eigenvalue weighted by molar-refractivity contribution is 6.33. The summed E-state index contributed by atoms with van der Waals surface area (Å²) >= 11 is 6.23. The number of benzene rings is 2. The number of rotatable bonds is 6. The molecule has 1 amide bonds. The van der Waals surface area contributed by atoms with Crippen molar-refractivity contribution in [1.29, 1.82) is 0 Å². The summed E-state index contributed by atoms with van der Waals surface area (Å²) in [6.07, 6.45) is 4.04. The molecule has 1 fully saturated rings. The highest BCUT2D eigenvalue weighted by Gasteiger charge is 2.27. The maximum Gasteiger partial charge on any atom is 0.258 e. The summed E-state index contributed by atoms with van der Waals surface area (Å²) in [6, 6.07) is 14.7. The summed E-state index contributed by atoms with van der Waals surface area (Å²) in [4.78, 5) is 31.9. The first-order chi connectivity index (χ1) is 16.6. The Bertz CT molecular complexity index is 1370. The van der Waals surface area contributed by atoms with Gasteiger partial charge in [0.25, 0.3) is 5.56 Å². The molecule has 0 spiro atoms. The van der Waals surface area contributed by atoms with Gasteiger partial charge >= 0.3 is 0 Å². The van der Waals surface area contributed by atoms with Gasteiger partial charge in [-0.15, -0.1) is 10.2 Å². The summed E-state index contributed by atoms with van der Waals surface area (Å²) in [7, 11) is 0. The quantitative estimate of drug-likeness (QED) is 0.425. The van der Waals surface area contributed by atoms with E-state index in [1.807, 2.05) is 24.3 Å². The Labute approximate surface area is 200 Å². The molecular weight excluding hydrogens is 454 g/mol. The van der Waals surface area contributed by atoms with Crippen molar-refractivity contribution in [3.63, 3.8) is 0 Å². The van der Waals surface area contributed by atoms with Crippen molar-refractivity contribution in [3.8, 4) is 11.5 Å². The highest BCUT2D eigenvalue weighted by Crippen LogP contribution is 2.34. The van der Waals surface area contributed by atoms with Gasteiger partial charge in [-0.1, -0.05) is 35.9 Å². The summed E-state index contributed by atoms with van der Waals surface area (Å²) in [6.45, 7) is 0. The summed E-state index contributed by atoms with van der Waals surface area (Å²) in [5.41, 5.74) is 1.18. The SMILES string of the molecule is O=C(CCc1nc2ccccc2c(=O)[nH]1)N[C@H]1CC[C@H](c2nnc(-c3ccccc3Cl)o2)CC1. The van der Waals surface area contributed by atoms with Gasteiger partial charge in [-0.3, -0.25) is 9.59 Å². The zero-order valence-corrected chi connectivity index (χ0v) is 19.2. The first-order valence-electron chi connectivity index (χ1n) is 11.4. The third kappa shape index (κ3) is 4.87. The van der Waals surface area contributed by atoms with E-state index in [-0.39, 0.29) is 29.8 Å². The standard InChI is InChI=1S/C25H24ClN5O3/c26-19-7-3-1-5-17(19)25-31-30-24(34-25)15-9-11-16(12-10-15)27-22(32)14-13-21-28-20-8-4-2-6-18(20)23(33)29-21/h1-8,15-16H,9-14H2,(H,27,32)(H,28,29,33)/t15-,16-. The van der Waals surface area contributed by atoms with Gasteiger partial charge < -0.3 is 14.7 Å². The zero-order chi connectivity index (χ0) is 23.5. The number of aromatic nitrogens is 4. The van der Waals surface area contributed by atoms with Crippen molar-refractivity contribution in [2.24, 2.45) is 0 Å². The average Bonchev–Trinajstić information content (AvgIpc) is 3.34. The Balaban J connectivity index is 1.12. The molecule has 0 saturated heterocycles. The number of amides is 1. The monoisotopic (exact) mass is 477 g/mol. The van der Waals surface area contributed by atoms with E-state index in [0.29, 0.717) is 40.0 Å². The van der Waals surface area contributed by atoms with Crippen LogP contribution < -0.4 is 10.9 Å². The Hall–Kier alpha value is -3.52. The number of carbonyl (C=O) groups is 1. The second-order valence-electron chi connectivity index (χ2n) is 8.57. The molecule has 4 aromatic rings. The van der Waals surface area contributed by atoms with Crippen molar-refractivity contribution >= 4 is 28.4 Å². The summed E-state index contributed by atoms with van der Waals surface area (Å²) in [5.74, 6) is 1.69. The maximum atomic E-state index is 12.5. The lowest BCUT2D eigenvalue weighted by atomic mass is 9.86. The van der Waals surface area contributed by atoms with Crippen LogP contribution in [0.15, 0.2) is 57.7 Å². The van der Waals surface area contributed by atoms with E-state index in [1.54, 1.807) is 24.3 Å². The highest BCUT2D eigenvalue weighted by atomic mass is 35.5. The smallest absolute Gasteiger partial charge is 0.258 e. The van der Waals surface area contributed by atoms with E-state index in [4.69, 9.17) is 16.0 Å². The Morgan fingerprint density at radius 2 is 1.82 bits per heavy atom. The largest absolute Gasteiger partial charge is 0.420 e. The third-order valence-corrected chi connectivity index (χ3v) is 6.57. The molecule has 2 N–H and O–H groups in total. The van der Waals surface area contributed by atoms with Crippen molar-refractivity contribution in [3.05, 3.63) is 75.6 Å². The Morgan fingerprint density at radius 3 is 2.65 bits per heavy atom. The molecule has 2 heterocycles. The van der Waals surface area contributed by atoms with Crippen LogP contribution in [0.4, 0.5) is 0 Å². The number of hydrogen-bond acceptors (Lipinski definition) is 6. The van der Waals surface area contributed by atoms with E-state index in [9.17, 15) is 9.59 Å². The van der Waals surface area contributed by atoms with Crippen molar-refractivity contribution in [2.75, 3.05) is 0 Å². The van der Waals surface area contributed by atoms with E-state index >= 15 is 0 Å². The van der Waals surface area contributed by atoms with Crippen molar-refractivity contribution in [1.82, 2.24) is 25.5 Å². The van der Waals surface area contributed by atoms with E-state index in [0.717, 1.165) is 31.2 Å². The third-order valence-electron chi connectivity index (χ3n) is 6.24. The number of fused-ring (bicyclic) bond motifs is 1. The fourth-order valence-electron chi connectivity index (χ4n) is 4.41. The number of H-pyrrole nitrogens is 1. The minimum Gasteiger partial charge on any atom is -0.420 e. The minimum atomic E-state index is -0.182. The van der Waals surface area contributed by atoms with Crippen molar-refractivity contribution in [2.45, 2.75) is 50.5 Å². The van der Waals surface area contributed by atoms with Gasteiger partial charge in [0.15, 0.2) is 0 Å². The van der Waals surface area contributed by atoms with Crippen LogP contribution in [0.2, 0.25) is 5.02 Å². The van der Waals surface area contributed by atoms with E-state index in [1.165, 1.54) is 0 Å². The fraction of sp³-hybridized carbons (Fsp3) is 0.320. The number of aryl methyl sites for hydroxylation is 1. The van der Waals surface area contributed by atoms with Crippen LogP contribution in [0, 0.1) is 0 Å². The first-order valence-corrected chi connectivity index (χ1v) is 11.8. The number of para-hydroxylation sites is 1. The van der Waals surface area contributed by atoms with Gasteiger partial charge in [-0.2, -0.15) is 0 Å². The molecule has 5 rings (SSSR count). The normalized spacial score (nSPS) is 18.1. The summed E-state index contributed by atoms with van der Waals surface area (Å²) < 4.78 is 5.90. The molecule has 1 saturated carbocycles. The Kier molecular flexibility index (Phi) is 6.40. The second kappa shape index (κ2) is 9.77. The molecule has 34 heavy (non-hydrogen) atoms. The molecule has 0 bridgehead atoms. The lowest BCUT2D eigenvalue weighted by Crippen LogP contribution is -2.37. The predicted molar refractivity (Wildman–Crippen MR) is 129 cm³/mol. The molecule has 9 heteroatoms. The molecule has 0 aliphatic heterocycles. The Morgan fingerprint density at radius 1 is 1.06 bits per heavy atom. The minimum absolute atomic E-state index is 0.0435. The molecule has 2 aromatic carbocycles. The van der Waals surface area contributed by atoms with Crippen LogP contribution in [0.5, 0.6) is 0 Å². The number of aromatic amines is 1. The van der Waals surface area contributed by atoms with Gasteiger partial charge in [-0.05, 0) is 49.9 Å². The molecule has 0 atom stereocenters. The number of halogens is 1. The number of carbonyl (C=O) groups excluding carboxylic acids is 1. The topological polar surface area (TPSA) is 114 Å². The summed E-state index contributed by atoms with van der Waals surface area (Å²) in [5, 5.41) is 12.6. The van der Waals surface area contributed by atoms with Crippen molar-refractivity contribution < 1.29 is 9.21 Å². The molecule has 0 radical (unpaired) electrons. The molecule has 1 aliphatic rings. The molecule has 2 aromatic heterocycles.